The molecule has 0 nitrogen and oxygen atoms in total. The van der Waals surface area contributed by atoms with E-state index in [2.05, 4.69) is 6.92 Å². The van der Waals surface area contributed by atoms with Gasteiger partial charge in [0.2, 0.25) is 0 Å². The van der Waals surface area contributed by atoms with Crippen molar-refractivity contribution in [3.8, 4) is 11.8 Å². The lowest BCUT2D eigenvalue weighted by Gasteiger charge is -2.11. The molecule has 0 unspecified atom stereocenters. The quantitative estimate of drug-likeness (QED) is 0.0958. The SMILES string of the molecule is CCCCCc1ccc(CCc2cc(F)c(CCc3cc(F)c4c(F)c(C#CC(F)(F)F)c(F)cc4c3)c(F)c2)c(F)c1. The molecule has 0 bridgehead atoms. The number of fused-ring (bicyclic) bond motifs is 1. The van der Waals surface area contributed by atoms with E-state index in [1.54, 1.807) is 6.07 Å². The van der Waals surface area contributed by atoms with Gasteiger partial charge in [0, 0.05) is 11.5 Å². The van der Waals surface area contributed by atoms with E-state index < -0.39 is 46.2 Å². The Morgan fingerprint density at radius 1 is 0.605 bits per heavy atom. The van der Waals surface area contributed by atoms with Crippen LogP contribution in [-0.4, -0.2) is 6.18 Å². The minimum Gasteiger partial charge on any atom is -0.207 e. The molecule has 0 N–H and O–H groups in total. The Balaban J connectivity index is 1.46. The molecule has 43 heavy (non-hydrogen) atoms. The first-order chi connectivity index (χ1) is 20.4. The van der Waals surface area contributed by atoms with Gasteiger partial charge in [-0.3, -0.25) is 0 Å². The Bertz CT molecular complexity index is 1670. The molecule has 0 aromatic heterocycles. The maximum atomic E-state index is 14.9. The van der Waals surface area contributed by atoms with Crippen molar-refractivity contribution in [2.75, 3.05) is 0 Å². The van der Waals surface area contributed by atoms with E-state index in [1.165, 1.54) is 18.1 Å². The molecule has 0 aliphatic heterocycles. The van der Waals surface area contributed by atoms with Gasteiger partial charge >= 0.3 is 6.18 Å². The van der Waals surface area contributed by atoms with Crippen LogP contribution in [0, 0.1) is 46.7 Å². The van der Waals surface area contributed by atoms with E-state index >= 15 is 0 Å². The zero-order chi connectivity index (χ0) is 31.3. The molecular weight excluding hydrogens is 579 g/mol. The normalized spacial score (nSPS) is 11.6. The van der Waals surface area contributed by atoms with Crippen LogP contribution < -0.4 is 0 Å². The summed E-state index contributed by atoms with van der Waals surface area (Å²) >= 11 is 0. The maximum Gasteiger partial charge on any atom is 0.458 e. The molecule has 0 aliphatic rings. The van der Waals surface area contributed by atoms with Crippen LogP contribution in [0.3, 0.4) is 0 Å². The number of halogens is 9. The first kappa shape index (κ1) is 32.0. The second-order valence-corrected chi connectivity index (χ2v) is 10.4. The number of alkyl halides is 3. The molecule has 0 aliphatic carbocycles. The van der Waals surface area contributed by atoms with E-state index in [4.69, 9.17) is 0 Å². The summed E-state index contributed by atoms with van der Waals surface area (Å²) in [4.78, 5) is 0. The van der Waals surface area contributed by atoms with Crippen LogP contribution >= 0.6 is 0 Å². The Morgan fingerprint density at radius 2 is 1.23 bits per heavy atom. The predicted molar refractivity (Wildman–Crippen MR) is 148 cm³/mol. The highest BCUT2D eigenvalue weighted by atomic mass is 19.4. The molecular formula is C34H27F9. The Kier molecular flexibility index (Phi) is 10.1. The highest BCUT2D eigenvalue weighted by molar-refractivity contribution is 5.86. The minimum absolute atomic E-state index is 0.102. The zero-order valence-corrected chi connectivity index (χ0v) is 23.2. The number of hydrogen-bond donors (Lipinski definition) is 0. The number of hydrogen-bond acceptors (Lipinski definition) is 0. The van der Waals surface area contributed by atoms with Crippen LogP contribution in [0.15, 0.2) is 48.5 Å². The average Bonchev–Trinajstić information content (AvgIpc) is 2.91. The summed E-state index contributed by atoms with van der Waals surface area (Å²) in [6.45, 7) is 2.09. The number of aryl methyl sites for hydroxylation is 4. The molecule has 0 heterocycles. The third-order valence-corrected chi connectivity index (χ3v) is 7.20. The Morgan fingerprint density at radius 3 is 1.88 bits per heavy atom. The van der Waals surface area contributed by atoms with Crippen molar-refractivity contribution in [2.45, 2.75) is 64.5 Å². The minimum atomic E-state index is -5.00. The second-order valence-electron chi connectivity index (χ2n) is 10.4. The Hall–Kier alpha value is -3.93. The fourth-order valence-corrected chi connectivity index (χ4v) is 4.98. The van der Waals surface area contributed by atoms with Crippen LogP contribution in [0.25, 0.3) is 10.8 Å². The monoisotopic (exact) mass is 606 g/mol. The summed E-state index contributed by atoms with van der Waals surface area (Å²) in [6, 6.07) is 10.1. The fraction of sp³-hybridized carbons (Fsp3) is 0.294. The summed E-state index contributed by atoms with van der Waals surface area (Å²) in [5.41, 5.74) is 0.337. The van der Waals surface area contributed by atoms with E-state index in [0.29, 0.717) is 17.2 Å². The van der Waals surface area contributed by atoms with Gasteiger partial charge in [-0.05, 0) is 96.5 Å². The van der Waals surface area contributed by atoms with Crippen molar-refractivity contribution in [3.05, 3.63) is 117 Å². The van der Waals surface area contributed by atoms with Gasteiger partial charge in [0.25, 0.3) is 0 Å². The molecule has 4 aromatic carbocycles. The molecule has 0 saturated heterocycles. The molecule has 0 fully saturated rings. The van der Waals surface area contributed by atoms with Crippen molar-refractivity contribution in [3.63, 3.8) is 0 Å². The van der Waals surface area contributed by atoms with Gasteiger partial charge in [-0.25, -0.2) is 26.3 Å². The van der Waals surface area contributed by atoms with Crippen LogP contribution in [0.2, 0.25) is 0 Å². The van der Waals surface area contributed by atoms with Crippen LogP contribution in [-0.2, 0) is 32.1 Å². The van der Waals surface area contributed by atoms with E-state index in [1.807, 2.05) is 6.07 Å². The highest BCUT2D eigenvalue weighted by Gasteiger charge is 2.24. The van der Waals surface area contributed by atoms with Gasteiger partial charge in [0.05, 0.1) is 10.9 Å². The lowest BCUT2D eigenvalue weighted by atomic mass is 9.96. The maximum absolute atomic E-state index is 14.9. The van der Waals surface area contributed by atoms with E-state index in [-0.39, 0.29) is 48.0 Å². The van der Waals surface area contributed by atoms with Gasteiger partial charge in [-0.15, -0.1) is 0 Å². The zero-order valence-electron chi connectivity index (χ0n) is 23.2. The molecule has 0 spiro atoms. The molecule has 4 aromatic rings. The molecule has 4 rings (SSSR count). The molecule has 0 saturated carbocycles. The first-order valence-corrected chi connectivity index (χ1v) is 13.8. The van der Waals surface area contributed by atoms with Crippen molar-refractivity contribution in [1.82, 2.24) is 0 Å². The van der Waals surface area contributed by atoms with Crippen LogP contribution in [0.5, 0.6) is 0 Å². The van der Waals surface area contributed by atoms with E-state index in [0.717, 1.165) is 55.4 Å². The summed E-state index contributed by atoms with van der Waals surface area (Å²) in [5.74, 6) is -4.10. The largest absolute Gasteiger partial charge is 0.458 e. The number of benzene rings is 4. The van der Waals surface area contributed by atoms with Gasteiger partial charge in [-0.1, -0.05) is 43.9 Å². The van der Waals surface area contributed by atoms with Gasteiger partial charge < -0.3 is 0 Å². The third-order valence-electron chi connectivity index (χ3n) is 7.20. The van der Waals surface area contributed by atoms with Gasteiger partial charge in [0.15, 0.2) is 5.82 Å². The van der Waals surface area contributed by atoms with E-state index in [9.17, 15) is 39.5 Å². The van der Waals surface area contributed by atoms with Crippen molar-refractivity contribution >= 4 is 10.8 Å². The molecule has 0 atom stereocenters. The first-order valence-electron chi connectivity index (χ1n) is 13.8. The smallest absolute Gasteiger partial charge is 0.207 e. The lowest BCUT2D eigenvalue weighted by Crippen LogP contribution is -2.04. The number of rotatable bonds is 10. The molecule has 226 valence electrons. The highest BCUT2D eigenvalue weighted by Crippen LogP contribution is 2.29. The standard InChI is InChI=1S/C34H27F9/c1-2-3-4-5-20-6-9-23(27(35)15-20)10-7-22-16-28(36)25(29(37)17-22)11-8-21-14-24-19-30(38)26(12-13-34(41,42)43)33(40)32(24)31(39)18-21/h6,9,14-19H,2-5,7-8,10-11H2,1H3. The lowest BCUT2D eigenvalue weighted by molar-refractivity contribution is -0.0696. The summed E-state index contributed by atoms with van der Waals surface area (Å²) < 4.78 is 125. The summed E-state index contributed by atoms with van der Waals surface area (Å²) in [7, 11) is 0. The van der Waals surface area contributed by atoms with Crippen molar-refractivity contribution in [2.24, 2.45) is 0 Å². The third kappa shape index (κ3) is 8.13. The molecule has 0 amide bonds. The number of unbranched alkanes of at least 4 members (excludes halogenated alkanes) is 2. The molecule has 0 radical (unpaired) electrons. The second kappa shape index (κ2) is 13.6. The van der Waals surface area contributed by atoms with Crippen LogP contribution in [0.4, 0.5) is 39.5 Å². The average molecular weight is 607 g/mol. The predicted octanol–water partition coefficient (Wildman–Crippen LogP) is 9.89. The fourth-order valence-electron chi connectivity index (χ4n) is 4.98. The summed E-state index contributed by atoms with van der Waals surface area (Å²) in [5, 5.41) is -1.03. The Labute approximate surface area is 243 Å². The topological polar surface area (TPSA) is 0 Å². The summed E-state index contributed by atoms with van der Waals surface area (Å²) in [6.07, 6.45) is -1.00. The van der Waals surface area contributed by atoms with Gasteiger partial charge in [-0.2, -0.15) is 13.2 Å². The molecule has 9 heteroatoms. The van der Waals surface area contributed by atoms with Crippen LogP contribution in [0.1, 0.15) is 59.6 Å². The van der Waals surface area contributed by atoms with Gasteiger partial charge in [0.1, 0.15) is 29.1 Å². The van der Waals surface area contributed by atoms with Crippen molar-refractivity contribution < 1.29 is 39.5 Å². The van der Waals surface area contributed by atoms with Crippen molar-refractivity contribution in [1.29, 1.82) is 0 Å².